The van der Waals surface area contributed by atoms with Crippen molar-refractivity contribution in [2.75, 3.05) is 27.3 Å². The molecule has 1 aromatic carbocycles. The van der Waals surface area contributed by atoms with Gasteiger partial charge in [-0.15, -0.1) is 0 Å². The Morgan fingerprint density at radius 3 is 2.42 bits per heavy atom. The maximum atomic E-state index is 6.19. The van der Waals surface area contributed by atoms with Crippen molar-refractivity contribution in [1.82, 2.24) is 4.90 Å². The lowest BCUT2D eigenvalue weighted by molar-refractivity contribution is 0.0982. The van der Waals surface area contributed by atoms with Crippen LogP contribution in [-0.4, -0.2) is 44.4 Å². The molecule has 0 amide bonds. The molecule has 3 unspecified atom stereocenters. The van der Waals surface area contributed by atoms with Crippen molar-refractivity contribution in [3.63, 3.8) is 0 Å². The van der Waals surface area contributed by atoms with Gasteiger partial charge in [-0.2, -0.15) is 0 Å². The number of nitrogens with two attached hydrogens (primary N) is 1. The highest BCUT2D eigenvalue weighted by molar-refractivity contribution is 5.30. The topological polar surface area (TPSA) is 47.7 Å². The van der Waals surface area contributed by atoms with Crippen molar-refractivity contribution in [3.05, 3.63) is 29.8 Å². The van der Waals surface area contributed by atoms with Gasteiger partial charge in [0.05, 0.1) is 13.2 Å². The zero-order chi connectivity index (χ0) is 13.8. The Bertz CT molecular complexity index is 392. The Kier molecular flexibility index (Phi) is 4.80. The molecule has 3 atom stereocenters. The van der Waals surface area contributed by atoms with Gasteiger partial charge in [-0.25, -0.2) is 0 Å². The summed E-state index contributed by atoms with van der Waals surface area (Å²) in [5.41, 5.74) is 7.44. The highest BCUT2D eigenvalue weighted by Gasteiger charge is 2.31. The van der Waals surface area contributed by atoms with Crippen molar-refractivity contribution in [1.29, 1.82) is 0 Å². The second kappa shape index (κ2) is 6.37. The highest BCUT2D eigenvalue weighted by atomic mass is 16.5. The molecular formula is C15H24N2O2. The third kappa shape index (κ3) is 3.26. The predicted molar refractivity (Wildman–Crippen MR) is 76.4 cm³/mol. The van der Waals surface area contributed by atoms with Crippen molar-refractivity contribution in [2.24, 2.45) is 5.73 Å². The summed E-state index contributed by atoms with van der Waals surface area (Å²) < 4.78 is 10.6. The van der Waals surface area contributed by atoms with Crippen LogP contribution in [0.25, 0.3) is 0 Å². The van der Waals surface area contributed by atoms with E-state index in [1.807, 2.05) is 12.1 Å². The lowest BCUT2D eigenvalue weighted by Gasteiger charge is -2.31. The van der Waals surface area contributed by atoms with Gasteiger partial charge in [0.25, 0.3) is 0 Å². The van der Waals surface area contributed by atoms with Crippen LogP contribution in [-0.2, 0) is 4.74 Å². The number of rotatable bonds is 5. The molecule has 4 nitrogen and oxygen atoms in total. The van der Waals surface area contributed by atoms with E-state index >= 15 is 0 Å². The first-order valence-electron chi connectivity index (χ1n) is 6.82. The van der Waals surface area contributed by atoms with Crippen molar-refractivity contribution in [2.45, 2.75) is 31.5 Å². The number of hydrogen-bond donors (Lipinski definition) is 1. The molecule has 2 rings (SSSR count). The van der Waals surface area contributed by atoms with Crippen LogP contribution in [0.5, 0.6) is 5.75 Å². The molecule has 0 aliphatic carbocycles. The minimum atomic E-state index is 0.0870. The van der Waals surface area contributed by atoms with Gasteiger partial charge in [0, 0.05) is 32.3 Å². The second-order valence-corrected chi connectivity index (χ2v) is 5.22. The maximum Gasteiger partial charge on any atom is 0.118 e. The summed E-state index contributed by atoms with van der Waals surface area (Å²) in [5, 5.41) is 0. The standard InChI is InChI=1S/C15H24N2O2/c1-11(16)15(17-9-8-14(10-17)19-3)12-4-6-13(18-2)7-5-12/h4-7,11,14-15H,8-10,16H2,1-3H3. The van der Waals surface area contributed by atoms with E-state index in [0.717, 1.165) is 25.3 Å². The molecule has 1 heterocycles. The first kappa shape index (κ1) is 14.3. The van der Waals surface area contributed by atoms with E-state index in [0.29, 0.717) is 6.10 Å². The normalized spacial score (nSPS) is 23.3. The number of methoxy groups -OCH3 is 2. The van der Waals surface area contributed by atoms with Gasteiger partial charge in [-0.05, 0) is 31.0 Å². The molecule has 4 heteroatoms. The van der Waals surface area contributed by atoms with Crippen LogP contribution in [0.4, 0.5) is 0 Å². The van der Waals surface area contributed by atoms with Crippen molar-refractivity contribution >= 4 is 0 Å². The monoisotopic (exact) mass is 264 g/mol. The molecule has 0 saturated carbocycles. The molecule has 1 saturated heterocycles. The van der Waals surface area contributed by atoms with E-state index in [9.17, 15) is 0 Å². The fraction of sp³-hybridized carbons (Fsp3) is 0.600. The summed E-state index contributed by atoms with van der Waals surface area (Å²) in [5.74, 6) is 0.878. The molecule has 0 aromatic heterocycles. The largest absolute Gasteiger partial charge is 0.497 e. The van der Waals surface area contributed by atoms with E-state index in [4.69, 9.17) is 15.2 Å². The molecule has 1 aromatic rings. The molecular weight excluding hydrogens is 240 g/mol. The van der Waals surface area contributed by atoms with Crippen LogP contribution in [0.3, 0.4) is 0 Å². The molecule has 106 valence electrons. The fourth-order valence-corrected chi connectivity index (χ4v) is 2.85. The Balaban J connectivity index is 2.15. The lowest BCUT2D eigenvalue weighted by Crippen LogP contribution is -2.38. The van der Waals surface area contributed by atoms with Gasteiger partial charge in [0.1, 0.15) is 5.75 Å². The first-order valence-corrected chi connectivity index (χ1v) is 6.82. The van der Waals surface area contributed by atoms with E-state index in [-0.39, 0.29) is 12.1 Å². The van der Waals surface area contributed by atoms with Gasteiger partial charge < -0.3 is 15.2 Å². The van der Waals surface area contributed by atoms with Gasteiger partial charge in [-0.1, -0.05) is 12.1 Å². The fourth-order valence-electron chi connectivity index (χ4n) is 2.85. The minimum Gasteiger partial charge on any atom is -0.497 e. The average molecular weight is 264 g/mol. The van der Waals surface area contributed by atoms with Gasteiger partial charge in [0.2, 0.25) is 0 Å². The molecule has 1 fully saturated rings. The summed E-state index contributed by atoms with van der Waals surface area (Å²) >= 11 is 0. The summed E-state index contributed by atoms with van der Waals surface area (Å²) in [4.78, 5) is 2.42. The molecule has 2 N–H and O–H groups in total. The summed E-state index contributed by atoms with van der Waals surface area (Å²) in [6, 6.07) is 8.53. The number of benzene rings is 1. The zero-order valence-corrected chi connectivity index (χ0v) is 12.0. The predicted octanol–water partition coefficient (Wildman–Crippen LogP) is 1.80. The Morgan fingerprint density at radius 2 is 1.95 bits per heavy atom. The van der Waals surface area contributed by atoms with E-state index < -0.39 is 0 Å². The molecule has 1 aliphatic rings. The number of hydrogen-bond acceptors (Lipinski definition) is 4. The first-order chi connectivity index (χ1) is 9.15. The second-order valence-electron chi connectivity index (χ2n) is 5.22. The quantitative estimate of drug-likeness (QED) is 0.881. The third-order valence-electron chi connectivity index (χ3n) is 3.86. The van der Waals surface area contributed by atoms with Crippen LogP contribution in [0.15, 0.2) is 24.3 Å². The minimum absolute atomic E-state index is 0.0870. The van der Waals surface area contributed by atoms with Crippen molar-refractivity contribution in [3.8, 4) is 5.75 Å². The average Bonchev–Trinajstić information content (AvgIpc) is 2.88. The van der Waals surface area contributed by atoms with E-state index in [1.165, 1.54) is 5.56 Å². The molecule has 0 spiro atoms. The highest BCUT2D eigenvalue weighted by Crippen LogP contribution is 2.29. The van der Waals surface area contributed by atoms with Crippen LogP contribution < -0.4 is 10.5 Å². The van der Waals surface area contributed by atoms with Crippen LogP contribution in [0, 0.1) is 0 Å². The van der Waals surface area contributed by atoms with Gasteiger partial charge >= 0.3 is 0 Å². The summed E-state index contributed by atoms with van der Waals surface area (Å²) in [7, 11) is 3.46. The molecule has 0 radical (unpaired) electrons. The van der Waals surface area contributed by atoms with Crippen LogP contribution in [0.1, 0.15) is 24.9 Å². The summed E-state index contributed by atoms with van der Waals surface area (Å²) in [6.45, 7) is 4.06. The Hall–Kier alpha value is -1.10. The SMILES string of the molecule is COc1ccc(C(C(C)N)N2CCC(OC)C2)cc1. The maximum absolute atomic E-state index is 6.19. The summed E-state index contributed by atoms with van der Waals surface area (Å²) in [6.07, 6.45) is 1.41. The Labute approximate surface area is 115 Å². The Morgan fingerprint density at radius 1 is 1.26 bits per heavy atom. The van der Waals surface area contributed by atoms with Crippen molar-refractivity contribution < 1.29 is 9.47 Å². The smallest absolute Gasteiger partial charge is 0.118 e. The van der Waals surface area contributed by atoms with E-state index in [2.05, 4.69) is 24.0 Å². The number of likely N-dealkylation sites (tertiary alicyclic amines) is 1. The van der Waals surface area contributed by atoms with Crippen LogP contribution in [0.2, 0.25) is 0 Å². The lowest BCUT2D eigenvalue weighted by atomic mass is 9.99. The molecule has 1 aliphatic heterocycles. The number of nitrogens with zero attached hydrogens (tertiary/aromatic N) is 1. The third-order valence-corrected chi connectivity index (χ3v) is 3.86. The number of ether oxygens (including phenoxy) is 2. The van der Waals surface area contributed by atoms with Gasteiger partial charge in [0.15, 0.2) is 0 Å². The zero-order valence-electron chi connectivity index (χ0n) is 12.0. The van der Waals surface area contributed by atoms with E-state index in [1.54, 1.807) is 14.2 Å². The molecule has 19 heavy (non-hydrogen) atoms. The molecule has 0 bridgehead atoms. The van der Waals surface area contributed by atoms with Gasteiger partial charge in [-0.3, -0.25) is 4.90 Å². The van der Waals surface area contributed by atoms with Crippen LogP contribution >= 0.6 is 0 Å².